The number of aromatic nitrogens is 2. The van der Waals surface area contributed by atoms with Crippen LogP contribution in [-0.4, -0.2) is 9.97 Å². The Labute approximate surface area is 96.9 Å². The SMILES string of the molecule is Fc1ccc(-c2ccco2)c(-c2ncc[nH]2)c1. The molecule has 2 aromatic heterocycles. The second-order valence-electron chi connectivity index (χ2n) is 3.60. The van der Waals surface area contributed by atoms with E-state index in [1.807, 2.05) is 6.07 Å². The Morgan fingerprint density at radius 1 is 1.18 bits per heavy atom. The molecule has 0 saturated heterocycles. The van der Waals surface area contributed by atoms with Gasteiger partial charge in [0, 0.05) is 23.5 Å². The third-order valence-corrected chi connectivity index (χ3v) is 2.52. The minimum atomic E-state index is -0.299. The number of rotatable bonds is 2. The zero-order valence-electron chi connectivity index (χ0n) is 8.85. The van der Waals surface area contributed by atoms with E-state index in [2.05, 4.69) is 9.97 Å². The van der Waals surface area contributed by atoms with Gasteiger partial charge in [-0.15, -0.1) is 0 Å². The van der Waals surface area contributed by atoms with E-state index < -0.39 is 0 Å². The summed E-state index contributed by atoms with van der Waals surface area (Å²) in [6, 6.07) is 8.16. The number of benzene rings is 1. The zero-order chi connectivity index (χ0) is 11.7. The van der Waals surface area contributed by atoms with Crippen molar-refractivity contribution in [3.05, 3.63) is 54.8 Å². The molecule has 0 unspecified atom stereocenters. The Balaban J connectivity index is 2.22. The molecule has 2 heterocycles. The molecule has 0 aliphatic rings. The Hall–Kier alpha value is -2.36. The molecule has 4 heteroatoms. The molecule has 0 amide bonds. The quantitative estimate of drug-likeness (QED) is 0.729. The molecule has 1 N–H and O–H groups in total. The van der Waals surface area contributed by atoms with Crippen molar-refractivity contribution in [1.82, 2.24) is 9.97 Å². The van der Waals surface area contributed by atoms with Crippen LogP contribution in [0.5, 0.6) is 0 Å². The summed E-state index contributed by atoms with van der Waals surface area (Å²) in [5.74, 6) is 1.01. The first-order valence-electron chi connectivity index (χ1n) is 5.18. The summed E-state index contributed by atoms with van der Waals surface area (Å²) in [6.45, 7) is 0. The van der Waals surface area contributed by atoms with Crippen molar-refractivity contribution in [2.45, 2.75) is 0 Å². The average Bonchev–Trinajstić information content (AvgIpc) is 3.02. The number of hydrogen-bond acceptors (Lipinski definition) is 2. The lowest BCUT2D eigenvalue weighted by molar-refractivity contribution is 0.582. The molecule has 3 aromatic rings. The summed E-state index contributed by atoms with van der Waals surface area (Å²) >= 11 is 0. The van der Waals surface area contributed by atoms with Gasteiger partial charge in [0.1, 0.15) is 17.4 Å². The van der Waals surface area contributed by atoms with Crippen molar-refractivity contribution < 1.29 is 8.81 Å². The lowest BCUT2D eigenvalue weighted by Crippen LogP contribution is -1.87. The molecule has 3 rings (SSSR count). The number of imidazole rings is 1. The summed E-state index contributed by atoms with van der Waals surface area (Å²) in [4.78, 5) is 7.10. The van der Waals surface area contributed by atoms with Crippen LogP contribution in [0.25, 0.3) is 22.7 Å². The molecule has 0 radical (unpaired) electrons. The highest BCUT2D eigenvalue weighted by Gasteiger charge is 2.12. The van der Waals surface area contributed by atoms with Gasteiger partial charge in [0.05, 0.1) is 6.26 Å². The lowest BCUT2D eigenvalue weighted by atomic mass is 10.0. The first-order chi connectivity index (χ1) is 8.34. The van der Waals surface area contributed by atoms with Gasteiger partial charge in [-0.3, -0.25) is 0 Å². The predicted molar refractivity (Wildman–Crippen MR) is 61.7 cm³/mol. The molecule has 0 atom stereocenters. The van der Waals surface area contributed by atoms with Crippen LogP contribution < -0.4 is 0 Å². The summed E-state index contributed by atoms with van der Waals surface area (Å²) in [5.41, 5.74) is 1.50. The average molecular weight is 228 g/mol. The fourth-order valence-electron chi connectivity index (χ4n) is 1.77. The number of H-pyrrole nitrogens is 1. The lowest BCUT2D eigenvalue weighted by Gasteiger charge is -2.04. The van der Waals surface area contributed by atoms with Crippen LogP contribution in [0.1, 0.15) is 0 Å². The van der Waals surface area contributed by atoms with E-state index in [0.29, 0.717) is 17.1 Å². The van der Waals surface area contributed by atoms with Crippen LogP contribution in [-0.2, 0) is 0 Å². The number of furan rings is 1. The second-order valence-corrected chi connectivity index (χ2v) is 3.60. The van der Waals surface area contributed by atoms with E-state index in [1.54, 1.807) is 30.8 Å². The minimum Gasteiger partial charge on any atom is -0.464 e. The molecule has 84 valence electrons. The molecule has 0 spiro atoms. The van der Waals surface area contributed by atoms with Gasteiger partial charge in [-0.1, -0.05) is 0 Å². The molecule has 0 aliphatic carbocycles. The van der Waals surface area contributed by atoms with Crippen molar-refractivity contribution in [2.24, 2.45) is 0 Å². The number of nitrogens with zero attached hydrogens (tertiary/aromatic N) is 1. The maximum absolute atomic E-state index is 13.3. The predicted octanol–water partition coefficient (Wildman–Crippen LogP) is 3.48. The third kappa shape index (κ3) is 1.73. The molecule has 0 aliphatic heterocycles. The van der Waals surface area contributed by atoms with Crippen LogP contribution in [0.2, 0.25) is 0 Å². The van der Waals surface area contributed by atoms with Gasteiger partial charge in [-0.05, 0) is 30.3 Å². The highest BCUT2D eigenvalue weighted by Crippen LogP contribution is 2.30. The highest BCUT2D eigenvalue weighted by molar-refractivity contribution is 5.77. The van der Waals surface area contributed by atoms with E-state index >= 15 is 0 Å². The van der Waals surface area contributed by atoms with Gasteiger partial charge in [0.25, 0.3) is 0 Å². The fourth-order valence-corrected chi connectivity index (χ4v) is 1.77. The topological polar surface area (TPSA) is 41.8 Å². The first kappa shape index (κ1) is 9.84. The summed E-state index contributed by atoms with van der Waals surface area (Å²) in [7, 11) is 0. The van der Waals surface area contributed by atoms with Crippen molar-refractivity contribution >= 4 is 0 Å². The molecule has 0 bridgehead atoms. The fraction of sp³-hybridized carbons (Fsp3) is 0. The van der Waals surface area contributed by atoms with Gasteiger partial charge in [0.15, 0.2) is 0 Å². The molecule has 3 nitrogen and oxygen atoms in total. The minimum absolute atomic E-state index is 0.299. The number of halogens is 1. The normalized spacial score (nSPS) is 10.6. The maximum atomic E-state index is 13.3. The van der Waals surface area contributed by atoms with Crippen LogP contribution >= 0.6 is 0 Å². The number of aromatic amines is 1. The smallest absolute Gasteiger partial charge is 0.138 e. The van der Waals surface area contributed by atoms with Gasteiger partial charge in [-0.2, -0.15) is 0 Å². The van der Waals surface area contributed by atoms with Crippen LogP contribution in [0.4, 0.5) is 4.39 Å². The van der Waals surface area contributed by atoms with E-state index in [9.17, 15) is 4.39 Å². The Morgan fingerprint density at radius 3 is 2.82 bits per heavy atom. The summed E-state index contributed by atoms with van der Waals surface area (Å²) in [6.07, 6.45) is 4.92. The zero-order valence-corrected chi connectivity index (χ0v) is 8.85. The van der Waals surface area contributed by atoms with Gasteiger partial charge in [-0.25, -0.2) is 9.37 Å². The summed E-state index contributed by atoms with van der Waals surface area (Å²) in [5, 5.41) is 0. The van der Waals surface area contributed by atoms with Crippen LogP contribution in [0, 0.1) is 5.82 Å². The maximum Gasteiger partial charge on any atom is 0.138 e. The molecule has 1 aromatic carbocycles. The third-order valence-electron chi connectivity index (χ3n) is 2.52. The Bertz CT molecular complexity index is 615. The van der Waals surface area contributed by atoms with Gasteiger partial charge < -0.3 is 9.40 Å². The molecule has 0 saturated carbocycles. The van der Waals surface area contributed by atoms with E-state index in [1.165, 1.54) is 12.1 Å². The molecule has 0 fully saturated rings. The highest BCUT2D eigenvalue weighted by atomic mass is 19.1. The van der Waals surface area contributed by atoms with Crippen molar-refractivity contribution in [3.8, 4) is 22.7 Å². The Kier molecular flexibility index (Phi) is 2.26. The van der Waals surface area contributed by atoms with E-state index in [-0.39, 0.29) is 5.82 Å². The molecular formula is C13H9FN2O. The van der Waals surface area contributed by atoms with E-state index in [4.69, 9.17) is 4.42 Å². The molecular weight excluding hydrogens is 219 g/mol. The van der Waals surface area contributed by atoms with Crippen molar-refractivity contribution in [1.29, 1.82) is 0 Å². The first-order valence-corrected chi connectivity index (χ1v) is 5.18. The molecule has 17 heavy (non-hydrogen) atoms. The Morgan fingerprint density at radius 2 is 2.12 bits per heavy atom. The van der Waals surface area contributed by atoms with E-state index in [0.717, 1.165) is 5.56 Å². The standard InChI is InChI=1S/C13H9FN2O/c14-9-3-4-10(12-2-1-7-17-12)11(8-9)13-15-5-6-16-13/h1-8H,(H,15,16). The van der Waals surface area contributed by atoms with Crippen LogP contribution in [0.3, 0.4) is 0 Å². The van der Waals surface area contributed by atoms with Gasteiger partial charge >= 0.3 is 0 Å². The largest absolute Gasteiger partial charge is 0.464 e. The second kappa shape index (κ2) is 3.90. The summed E-state index contributed by atoms with van der Waals surface area (Å²) < 4.78 is 18.6. The number of nitrogens with one attached hydrogen (secondary N) is 1. The van der Waals surface area contributed by atoms with Crippen molar-refractivity contribution in [2.75, 3.05) is 0 Å². The monoisotopic (exact) mass is 228 g/mol. The van der Waals surface area contributed by atoms with Gasteiger partial charge in [0.2, 0.25) is 0 Å². The van der Waals surface area contributed by atoms with Crippen molar-refractivity contribution in [3.63, 3.8) is 0 Å². The van der Waals surface area contributed by atoms with Crippen LogP contribution in [0.15, 0.2) is 53.4 Å². The number of hydrogen-bond donors (Lipinski definition) is 1.